The van der Waals surface area contributed by atoms with E-state index in [-0.39, 0.29) is 0 Å². The number of rotatable bonds is 5. The van der Waals surface area contributed by atoms with E-state index in [1.165, 1.54) is 7.11 Å². The summed E-state index contributed by atoms with van der Waals surface area (Å²) in [4.78, 5) is 11.4. The number of nitriles is 2. The summed E-state index contributed by atoms with van der Waals surface area (Å²) < 4.78 is 4.61. The molecule has 4 nitrogen and oxygen atoms in total. The predicted octanol–water partition coefficient (Wildman–Crippen LogP) is 3.33. The molecule has 0 bridgehead atoms. The molecule has 4 heteroatoms. The molecule has 0 saturated carbocycles. The Labute approximate surface area is 130 Å². The van der Waals surface area contributed by atoms with E-state index < -0.39 is 11.4 Å². The van der Waals surface area contributed by atoms with E-state index >= 15 is 0 Å². The van der Waals surface area contributed by atoms with Crippen molar-refractivity contribution in [2.75, 3.05) is 7.11 Å². The van der Waals surface area contributed by atoms with Gasteiger partial charge in [0.25, 0.3) is 0 Å². The van der Waals surface area contributed by atoms with E-state index in [1.54, 1.807) is 26.0 Å². The van der Waals surface area contributed by atoms with Crippen LogP contribution in [0.4, 0.5) is 0 Å². The molecule has 0 amide bonds. The summed E-state index contributed by atoms with van der Waals surface area (Å²) in [6, 6.07) is 13.6. The van der Waals surface area contributed by atoms with Gasteiger partial charge in [-0.25, -0.2) is 4.79 Å². The van der Waals surface area contributed by atoms with Crippen molar-refractivity contribution in [1.29, 1.82) is 10.5 Å². The van der Waals surface area contributed by atoms with Crippen molar-refractivity contribution in [2.45, 2.75) is 20.3 Å². The second-order valence-electron chi connectivity index (χ2n) is 4.98. The molecular weight excluding hydrogens is 276 g/mol. The highest BCUT2D eigenvalue weighted by molar-refractivity contribution is 5.87. The maximum absolute atomic E-state index is 11.4. The maximum atomic E-state index is 11.4. The zero-order valence-corrected chi connectivity index (χ0v) is 13.0. The lowest BCUT2D eigenvalue weighted by Gasteiger charge is -2.19. The van der Waals surface area contributed by atoms with Crippen LogP contribution in [0.25, 0.3) is 0 Å². The Morgan fingerprint density at radius 1 is 1.18 bits per heavy atom. The highest BCUT2D eigenvalue weighted by atomic mass is 16.5. The van der Waals surface area contributed by atoms with Gasteiger partial charge in [-0.05, 0) is 25.0 Å². The molecule has 0 aliphatic rings. The summed E-state index contributed by atoms with van der Waals surface area (Å²) in [7, 11) is 1.31. The number of esters is 1. The van der Waals surface area contributed by atoms with Gasteiger partial charge in [0.15, 0.2) is 5.41 Å². The standard InChI is InChI=1S/C18H18N2O2/c1-14(17(21)22-3)9-10-15(2)18(12-19,13-20)11-16-7-5-4-6-8-16/h4-10H,11H2,1-3H3/b14-9-,15-10+. The molecular formula is C18H18N2O2. The van der Waals surface area contributed by atoms with Gasteiger partial charge in [0.2, 0.25) is 0 Å². The lowest BCUT2D eigenvalue weighted by atomic mass is 9.78. The minimum atomic E-state index is -1.26. The quantitative estimate of drug-likeness (QED) is 0.474. The molecule has 0 fully saturated rings. The van der Waals surface area contributed by atoms with E-state index in [4.69, 9.17) is 0 Å². The topological polar surface area (TPSA) is 73.9 Å². The van der Waals surface area contributed by atoms with Crippen LogP contribution in [0.15, 0.2) is 53.6 Å². The van der Waals surface area contributed by atoms with Crippen LogP contribution in [0.3, 0.4) is 0 Å². The molecule has 1 aromatic rings. The van der Waals surface area contributed by atoms with Crippen LogP contribution in [0, 0.1) is 28.1 Å². The van der Waals surface area contributed by atoms with Crippen LogP contribution in [0.5, 0.6) is 0 Å². The SMILES string of the molecule is COC(=O)/C(C)=C\C=C(/C)C(C#N)(C#N)Cc1ccccc1. The fraction of sp³-hybridized carbons (Fsp3) is 0.278. The number of benzene rings is 1. The average molecular weight is 294 g/mol. The molecule has 22 heavy (non-hydrogen) atoms. The van der Waals surface area contributed by atoms with Gasteiger partial charge in [0.05, 0.1) is 19.2 Å². The molecule has 0 N–H and O–H groups in total. The highest BCUT2D eigenvalue weighted by Crippen LogP contribution is 2.30. The van der Waals surface area contributed by atoms with Crippen molar-refractivity contribution in [3.05, 3.63) is 59.2 Å². The summed E-state index contributed by atoms with van der Waals surface area (Å²) in [6.45, 7) is 3.34. The Kier molecular flexibility index (Phi) is 6.10. The monoisotopic (exact) mass is 294 g/mol. The summed E-state index contributed by atoms with van der Waals surface area (Å²) in [6.07, 6.45) is 3.49. The van der Waals surface area contributed by atoms with Gasteiger partial charge in [0.1, 0.15) is 0 Å². The smallest absolute Gasteiger partial charge is 0.333 e. The van der Waals surface area contributed by atoms with Crippen molar-refractivity contribution < 1.29 is 9.53 Å². The summed E-state index contributed by atoms with van der Waals surface area (Å²) >= 11 is 0. The minimum absolute atomic E-state index is 0.300. The molecule has 0 aliphatic heterocycles. The number of hydrogen-bond donors (Lipinski definition) is 0. The van der Waals surface area contributed by atoms with Crippen LogP contribution in [0.1, 0.15) is 19.4 Å². The maximum Gasteiger partial charge on any atom is 0.333 e. The molecule has 0 atom stereocenters. The van der Waals surface area contributed by atoms with E-state index in [0.29, 0.717) is 17.6 Å². The number of allylic oxidation sites excluding steroid dienone is 3. The van der Waals surface area contributed by atoms with E-state index in [9.17, 15) is 15.3 Å². The van der Waals surface area contributed by atoms with Gasteiger partial charge < -0.3 is 4.74 Å². The van der Waals surface area contributed by atoms with Gasteiger partial charge >= 0.3 is 5.97 Å². The van der Waals surface area contributed by atoms with E-state index in [2.05, 4.69) is 16.9 Å². The van der Waals surface area contributed by atoms with Crippen LogP contribution < -0.4 is 0 Å². The third-order valence-corrected chi connectivity index (χ3v) is 3.46. The number of nitrogens with zero attached hydrogens (tertiary/aromatic N) is 2. The van der Waals surface area contributed by atoms with Crippen molar-refractivity contribution in [1.82, 2.24) is 0 Å². The normalized spacial score (nSPS) is 12.2. The van der Waals surface area contributed by atoms with Crippen molar-refractivity contribution in [3.63, 3.8) is 0 Å². The number of methoxy groups -OCH3 is 1. The molecule has 0 saturated heterocycles. The van der Waals surface area contributed by atoms with Crippen LogP contribution in [-0.4, -0.2) is 13.1 Å². The Morgan fingerprint density at radius 3 is 2.27 bits per heavy atom. The second kappa shape index (κ2) is 7.81. The number of hydrogen-bond acceptors (Lipinski definition) is 4. The molecule has 112 valence electrons. The summed E-state index contributed by atoms with van der Waals surface area (Å²) in [5.74, 6) is -0.438. The third-order valence-electron chi connectivity index (χ3n) is 3.46. The van der Waals surface area contributed by atoms with Crippen LogP contribution in [-0.2, 0) is 16.0 Å². The predicted molar refractivity (Wildman–Crippen MR) is 83.3 cm³/mol. The fourth-order valence-electron chi connectivity index (χ4n) is 1.94. The summed E-state index contributed by atoms with van der Waals surface area (Å²) in [5.41, 5.74) is 0.650. The number of carbonyl (C=O) groups excluding carboxylic acids is 1. The largest absolute Gasteiger partial charge is 0.466 e. The number of ether oxygens (including phenoxy) is 1. The Morgan fingerprint density at radius 2 is 1.77 bits per heavy atom. The third kappa shape index (κ3) is 4.07. The van der Waals surface area contributed by atoms with Crippen molar-refractivity contribution >= 4 is 5.97 Å². The molecule has 0 heterocycles. The summed E-state index contributed by atoms with van der Waals surface area (Å²) in [5, 5.41) is 19.0. The first-order chi connectivity index (χ1) is 10.5. The molecule has 1 rings (SSSR count). The fourth-order valence-corrected chi connectivity index (χ4v) is 1.94. The zero-order chi connectivity index (χ0) is 16.6. The Hall–Kier alpha value is -2.85. The molecule has 0 aliphatic carbocycles. The van der Waals surface area contributed by atoms with E-state index in [0.717, 1.165) is 5.56 Å². The Bertz CT molecular complexity index is 659. The first-order valence-electron chi connectivity index (χ1n) is 6.79. The van der Waals surface area contributed by atoms with Crippen molar-refractivity contribution in [2.24, 2.45) is 5.41 Å². The van der Waals surface area contributed by atoms with Gasteiger partial charge in [-0.1, -0.05) is 42.5 Å². The minimum Gasteiger partial charge on any atom is -0.466 e. The van der Waals surface area contributed by atoms with E-state index in [1.807, 2.05) is 30.3 Å². The van der Waals surface area contributed by atoms with Gasteiger partial charge in [0, 0.05) is 12.0 Å². The molecule has 0 unspecified atom stereocenters. The average Bonchev–Trinajstić information content (AvgIpc) is 2.57. The highest BCUT2D eigenvalue weighted by Gasteiger charge is 2.32. The van der Waals surface area contributed by atoms with Gasteiger partial charge in [-0.15, -0.1) is 0 Å². The number of carbonyl (C=O) groups is 1. The van der Waals surface area contributed by atoms with Crippen LogP contribution >= 0.6 is 0 Å². The molecule has 0 radical (unpaired) electrons. The molecule has 0 spiro atoms. The van der Waals surface area contributed by atoms with Crippen LogP contribution in [0.2, 0.25) is 0 Å². The zero-order valence-electron chi connectivity index (χ0n) is 13.0. The molecule has 1 aromatic carbocycles. The molecule has 0 aromatic heterocycles. The first kappa shape index (κ1) is 17.2. The first-order valence-corrected chi connectivity index (χ1v) is 6.79. The van der Waals surface area contributed by atoms with Gasteiger partial charge in [-0.3, -0.25) is 0 Å². The van der Waals surface area contributed by atoms with Crippen molar-refractivity contribution in [3.8, 4) is 12.1 Å². The van der Waals surface area contributed by atoms with Gasteiger partial charge in [-0.2, -0.15) is 10.5 Å². The lowest BCUT2D eigenvalue weighted by Crippen LogP contribution is -2.21. The second-order valence-corrected chi connectivity index (χ2v) is 4.98. The Balaban J connectivity index is 3.12. The lowest BCUT2D eigenvalue weighted by molar-refractivity contribution is -0.136.